The van der Waals surface area contributed by atoms with Crippen molar-refractivity contribution in [1.29, 1.82) is 0 Å². The van der Waals surface area contributed by atoms with Gasteiger partial charge in [0.25, 0.3) is 0 Å². The van der Waals surface area contributed by atoms with Gasteiger partial charge in [0.2, 0.25) is 0 Å². The number of aryl methyl sites for hydroxylation is 1. The lowest BCUT2D eigenvalue weighted by Crippen LogP contribution is -2.30. The summed E-state index contributed by atoms with van der Waals surface area (Å²) in [6.07, 6.45) is 5.73. The van der Waals surface area contributed by atoms with Crippen molar-refractivity contribution < 1.29 is 0 Å². The Morgan fingerprint density at radius 3 is 3.00 bits per heavy atom. The Labute approximate surface area is 134 Å². The summed E-state index contributed by atoms with van der Waals surface area (Å²) in [4.78, 5) is 8.97. The van der Waals surface area contributed by atoms with Crippen molar-refractivity contribution in [3.05, 3.63) is 53.4 Å². The van der Waals surface area contributed by atoms with E-state index >= 15 is 0 Å². The van der Waals surface area contributed by atoms with Gasteiger partial charge in [-0.25, -0.2) is 4.98 Å². The van der Waals surface area contributed by atoms with Crippen LogP contribution in [0.15, 0.2) is 42.2 Å². The van der Waals surface area contributed by atoms with Crippen LogP contribution in [0.1, 0.15) is 18.2 Å². The highest BCUT2D eigenvalue weighted by Crippen LogP contribution is 2.21. The fourth-order valence-electron chi connectivity index (χ4n) is 2.19. The van der Waals surface area contributed by atoms with Gasteiger partial charge in [-0.05, 0) is 31.5 Å². The highest BCUT2D eigenvalue weighted by Gasteiger charge is 2.08. The molecule has 0 amide bonds. The van der Waals surface area contributed by atoms with E-state index < -0.39 is 0 Å². The summed E-state index contributed by atoms with van der Waals surface area (Å²) in [5.41, 5.74) is 3.17. The van der Waals surface area contributed by atoms with Crippen LogP contribution in [-0.2, 0) is 13.1 Å². The molecule has 0 saturated heterocycles. The van der Waals surface area contributed by atoms with Crippen molar-refractivity contribution in [1.82, 2.24) is 25.1 Å². The van der Waals surface area contributed by atoms with Crippen LogP contribution in [-0.4, -0.2) is 25.8 Å². The molecule has 3 heterocycles. The number of rotatable bonds is 6. The highest BCUT2D eigenvalue weighted by molar-refractivity contribution is 7.13. The van der Waals surface area contributed by atoms with E-state index in [1.165, 1.54) is 5.56 Å². The summed E-state index contributed by atoms with van der Waals surface area (Å²) in [5.74, 6) is 0. The summed E-state index contributed by atoms with van der Waals surface area (Å²) in [6, 6.07) is 6.21. The maximum Gasteiger partial charge on any atom is 0.142 e. The Bertz CT molecular complexity index is 719. The summed E-state index contributed by atoms with van der Waals surface area (Å²) in [5, 5.41) is 10.8. The Morgan fingerprint density at radius 2 is 2.27 bits per heavy atom. The molecule has 0 aromatic carbocycles. The molecule has 1 N–H and O–H groups in total. The molecule has 0 aliphatic heterocycles. The maximum absolute atomic E-state index is 4.63. The van der Waals surface area contributed by atoms with Gasteiger partial charge >= 0.3 is 0 Å². The average Bonchev–Trinajstić information content (AvgIpc) is 3.15. The summed E-state index contributed by atoms with van der Waals surface area (Å²) >= 11 is 1.63. The predicted octanol–water partition coefficient (Wildman–Crippen LogP) is 2.89. The van der Waals surface area contributed by atoms with Crippen LogP contribution in [0.4, 0.5) is 0 Å². The van der Waals surface area contributed by atoms with Crippen molar-refractivity contribution in [2.75, 3.05) is 0 Å². The van der Waals surface area contributed by atoms with Gasteiger partial charge < -0.3 is 5.32 Å². The van der Waals surface area contributed by atoms with Gasteiger partial charge in [-0.2, -0.15) is 5.10 Å². The quantitative estimate of drug-likeness (QED) is 0.760. The Kier molecular flexibility index (Phi) is 4.60. The van der Waals surface area contributed by atoms with Crippen molar-refractivity contribution in [3.63, 3.8) is 0 Å². The zero-order chi connectivity index (χ0) is 15.4. The molecule has 1 atom stereocenters. The van der Waals surface area contributed by atoms with Gasteiger partial charge in [-0.1, -0.05) is 6.07 Å². The number of nitrogens with zero attached hydrogens (tertiary/aromatic N) is 4. The van der Waals surface area contributed by atoms with E-state index in [4.69, 9.17) is 0 Å². The zero-order valence-electron chi connectivity index (χ0n) is 12.7. The van der Waals surface area contributed by atoms with E-state index in [9.17, 15) is 0 Å². The normalized spacial score (nSPS) is 12.5. The SMILES string of the molecule is Cc1cnn(C[C@@H](C)NCc2csc(-c3ccccn3)n2)c1. The van der Waals surface area contributed by atoms with Crippen LogP contribution in [0.2, 0.25) is 0 Å². The van der Waals surface area contributed by atoms with Crippen molar-refractivity contribution >= 4 is 11.3 Å². The van der Waals surface area contributed by atoms with E-state index in [1.807, 2.05) is 29.1 Å². The lowest BCUT2D eigenvalue weighted by atomic mass is 10.3. The monoisotopic (exact) mass is 313 g/mol. The van der Waals surface area contributed by atoms with Crippen LogP contribution in [0.25, 0.3) is 10.7 Å². The first kappa shape index (κ1) is 14.9. The molecule has 3 rings (SSSR count). The van der Waals surface area contributed by atoms with Gasteiger partial charge in [0.05, 0.1) is 24.1 Å². The van der Waals surface area contributed by atoms with Crippen LogP contribution in [0.3, 0.4) is 0 Å². The fraction of sp³-hybridized carbons (Fsp3) is 0.312. The summed E-state index contributed by atoms with van der Waals surface area (Å²) < 4.78 is 1.97. The molecule has 0 bridgehead atoms. The van der Waals surface area contributed by atoms with E-state index in [-0.39, 0.29) is 0 Å². The topological polar surface area (TPSA) is 55.6 Å². The number of hydrogen-bond acceptors (Lipinski definition) is 5. The van der Waals surface area contributed by atoms with Crippen LogP contribution in [0.5, 0.6) is 0 Å². The van der Waals surface area contributed by atoms with Crippen LogP contribution in [0, 0.1) is 6.92 Å². The molecule has 22 heavy (non-hydrogen) atoms. The third-order valence-electron chi connectivity index (χ3n) is 3.29. The molecule has 6 heteroatoms. The lowest BCUT2D eigenvalue weighted by Gasteiger charge is -2.12. The van der Waals surface area contributed by atoms with Crippen molar-refractivity contribution in [2.24, 2.45) is 0 Å². The molecule has 0 unspecified atom stereocenters. The smallest absolute Gasteiger partial charge is 0.142 e. The van der Waals surface area contributed by atoms with Gasteiger partial charge in [-0.15, -0.1) is 11.3 Å². The molecule has 0 aliphatic carbocycles. The second-order valence-corrected chi connectivity index (χ2v) is 6.24. The molecule has 3 aromatic heterocycles. The average molecular weight is 313 g/mol. The first-order chi connectivity index (χ1) is 10.7. The number of thiazole rings is 1. The zero-order valence-corrected chi connectivity index (χ0v) is 13.5. The van der Waals surface area contributed by atoms with Gasteiger partial charge in [0.1, 0.15) is 5.01 Å². The van der Waals surface area contributed by atoms with E-state index in [1.54, 1.807) is 17.5 Å². The second kappa shape index (κ2) is 6.81. The van der Waals surface area contributed by atoms with Gasteiger partial charge in [-0.3, -0.25) is 9.67 Å². The minimum absolute atomic E-state index is 0.333. The third kappa shape index (κ3) is 3.78. The molecular formula is C16H19N5S. The highest BCUT2D eigenvalue weighted by atomic mass is 32.1. The first-order valence-corrected chi connectivity index (χ1v) is 8.17. The van der Waals surface area contributed by atoms with Crippen LogP contribution < -0.4 is 5.32 Å². The molecule has 114 valence electrons. The molecule has 0 saturated carbocycles. The summed E-state index contributed by atoms with van der Waals surface area (Å²) in [6.45, 7) is 5.81. The van der Waals surface area contributed by atoms with Crippen molar-refractivity contribution in [3.8, 4) is 10.7 Å². The number of aromatic nitrogens is 4. The molecule has 0 fully saturated rings. The molecule has 0 radical (unpaired) electrons. The number of nitrogens with one attached hydrogen (secondary N) is 1. The first-order valence-electron chi connectivity index (χ1n) is 7.29. The largest absolute Gasteiger partial charge is 0.307 e. The Balaban J connectivity index is 1.54. The second-order valence-electron chi connectivity index (χ2n) is 5.38. The maximum atomic E-state index is 4.63. The Hall–Kier alpha value is -2.05. The lowest BCUT2D eigenvalue weighted by molar-refractivity contribution is 0.449. The minimum Gasteiger partial charge on any atom is -0.307 e. The van der Waals surface area contributed by atoms with E-state index in [0.29, 0.717) is 6.04 Å². The fourth-order valence-corrected chi connectivity index (χ4v) is 2.98. The summed E-state index contributed by atoms with van der Waals surface area (Å²) in [7, 11) is 0. The molecule has 0 spiro atoms. The molecule has 3 aromatic rings. The predicted molar refractivity (Wildman–Crippen MR) is 88.6 cm³/mol. The van der Waals surface area contributed by atoms with Gasteiger partial charge in [0.15, 0.2) is 0 Å². The molecule has 0 aliphatic rings. The molecular weight excluding hydrogens is 294 g/mol. The Morgan fingerprint density at radius 1 is 1.36 bits per heavy atom. The van der Waals surface area contributed by atoms with E-state index in [0.717, 1.165) is 29.5 Å². The van der Waals surface area contributed by atoms with Crippen molar-refractivity contribution in [2.45, 2.75) is 33.0 Å². The van der Waals surface area contributed by atoms with E-state index in [2.05, 4.69) is 45.8 Å². The minimum atomic E-state index is 0.333. The molecule has 5 nitrogen and oxygen atoms in total. The number of pyridine rings is 1. The van der Waals surface area contributed by atoms with Gasteiger partial charge in [0, 0.05) is 30.4 Å². The van der Waals surface area contributed by atoms with Crippen LogP contribution >= 0.6 is 11.3 Å². The third-order valence-corrected chi connectivity index (χ3v) is 4.20. The number of hydrogen-bond donors (Lipinski definition) is 1. The standard InChI is InChI=1S/C16H19N5S/c1-12-7-19-21(9-12)10-13(2)18-8-14-11-22-16(20-14)15-5-3-4-6-17-15/h3-7,9,11,13,18H,8,10H2,1-2H3/t13-/m1/s1.